The summed E-state index contributed by atoms with van der Waals surface area (Å²) >= 11 is 0. The number of amides is 1. The van der Waals surface area contributed by atoms with E-state index in [2.05, 4.69) is 5.32 Å². The van der Waals surface area contributed by atoms with Crippen LogP contribution in [0.2, 0.25) is 0 Å². The van der Waals surface area contributed by atoms with Crippen molar-refractivity contribution in [2.24, 2.45) is 11.3 Å². The molecule has 15 heavy (non-hydrogen) atoms. The predicted octanol–water partition coefficient (Wildman–Crippen LogP) is 0.336. The van der Waals surface area contributed by atoms with Crippen LogP contribution >= 0.6 is 0 Å². The molecule has 1 aliphatic carbocycles. The highest BCUT2D eigenvalue weighted by atomic mass is 32.2. The molecule has 1 saturated carbocycles. The van der Waals surface area contributed by atoms with E-state index in [0.717, 1.165) is 12.8 Å². The molecule has 5 heteroatoms. The lowest BCUT2D eigenvalue weighted by Gasteiger charge is -2.53. The van der Waals surface area contributed by atoms with Crippen molar-refractivity contribution in [2.75, 3.05) is 11.5 Å². The Labute approximate surface area is 90.3 Å². The van der Waals surface area contributed by atoms with E-state index in [1.165, 1.54) is 0 Å². The maximum absolute atomic E-state index is 11.4. The molecule has 1 heterocycles. The second-order valence-electron chi connectivity index (χ2n) is 5.30. The number of rotatable bonds is 2. The minimum absolute atomic E-state index is 0.00618. The fraction of sp³-hybridized carbons (Fsp3) is 0.900. The third kappa shape index (κ3) is 2.02. The molecule has 1 amide bonds. The second-order valence-corrected chi connectivity index (χ2v) is 7.37. The average Bonchev–Trinajstić information content (AvgIpc) is 1.96. The molecule has 1 spiro atoms. The van der Waals surface area contributed by atoms with E-state index in [0.29, 0.717) is 11.5 Å². The predicted molar refractivity (Wildman–Crippen MR) is 57.1 cm³/mol. The van der Waals surface area contributed by atoms with Gasteiger partial charge in [0.15, 0.2) is 9.84 Å². The Morgan fingerprint density at radius 1 is 1.33 bits per heavy atom. The Kier molecular flexibility index (Phi) is 2.33. The lowest BCUT2D eigenvalue weighted by Crippen LogP contribution is -2.62. The van der Waals surface area contributed by atoms with Crippen LogP contribution in [-0.2, 0) is 14.6 Å². The molecule has 1 N–H and O–H groups in total. The Balaban J connectivity index is 1.78. The fourth-order valence-electron chi connectivity index (χ4n) is 2.58. The van der Waals surface area contributed by atoms with Crippen molar-refractivity contribution >= 4 is 15.7 Å². The SMILES string of the molecule is CC(C)C(=O)NC1CC2(C1)CS(=O)(=O)C2. The van der Waals surface area contributed by atoms with E-state index < -0.39 is 9.84 Å². The maximum Gasteiger partial charge on any atom is 0.222 e. The summed E-state index contributed by atoms with van der Waals surface area (Å²) in [6.45, 7) is 3.72. The number of hydrogen-bond acceptors (Lipinski definition) is 3. The van der Waals surface area contributed by atoms with E-state index in [1.54, 1.807) is 0 Å². The zero-order chi connectivity index (χ0) is 11.3. The molecule has 0 bridgehead atoms. The van der Waals surface area contributed by atoms with Crippen LogP contribution in [0.25, 0.3) is 0 Å². The summed E-state index contributed by atoms with van der Waals surface area (Å²) in [5.41, 5.74) is 0.0216. The fourth-order valence-corrected chi connectivity index (χ4v) is 4.83. The van der Waals surface area contributed by atoms with Crippen molar-refractivity contribution < 1.29 is 13.2 Å². The van der Waals surface area contributed by atoms with E-state index >= 15 is 0 Å². The van der Waals surface area contributed by atoms with Gasteiger partial charge in [-0.2, -0.15) is 0 Å². The summed E-state index contributed by atoms with van der Waals surface area (Å²) in [7, 11) is -2.73. The average molecular weight is 231 g/mol. The van der Waals surface area contributed by atoms with Gasteiger partial charge in [0.2, 0.25) is 5.91 Å². The zero-order valence-electron chi connectivity index (χ0n) is 9.12. The standard InChI is InChI=1S/C10H17NO3S/c1-7(2)9(12)11-8-3-10(4-8)5-15(13,14)6-10/h7-8H,3-6H2,1-2H3,(H,11,12). The van der Waals surface area contributed by atoms with E-state index in [-0.39, 0.29) is 23.3 Å². The summed E-state index contributed by atoms with van der Waals surface area (Å²) in [6.07, 6.45) is 1.68. The van der Waals surface area contributed by atoms with Gasteiger partial charge in [-0.1, -0.05) is 13.8 Å². The van der Waals surface area contributed by atoms with Crippen LogP contribution in [0.4, 0.5) is 0 Å². The minimum atomic E-state index is -2.73. The quantitative estimate of drug-likeness (QED) is 0.745. The number of hydrogen-bond donors (Lipinski definition) is 1. The molecule has 0 radical (unpaired) electrons. The lowest BCUT2D eigenvalue weighted by molar-refractivity contribution is -0.126. The first-order chi connectivity index (χ1) is 6.82. The summed E-state index contributed by atoms with van der Waals surface area (Å²) in [6, 6.07) is 0.204. The van der Waals surface area contributed by atoms with Crippen LogP contribution < -0.4 is 5.32 Å². The molecule has 0 aromatic rings. The second kappa shape index (κ2) is 3.20. The van der Waals surface area contributed by atoms with E-state index in [9.17, 15) is 13.2 Å². The van der Waals surface area contributed by atoms with Gasteiger partial charge >= 0.3 is 0 Å². The van der Waals surface area contributed by atoms with Crippen LogP contribution in [0.3, 0.4) is 0 Å². The molecule has 4 nitrogen and oxygen atoms in total. The Morgan fingerprint density at radius 3 is 2.27 bits per heavy atom. The third-order valence-electron chi connectivity index (χ3n) is 3.28. The normalized spacial score (nSPS) is 27.1. The van der Waals surface area contributed by atoms with Crippen molar-refractivity contribution in [1.29, 1.82) is 0 Å². The van der Waals surface area contributed by atoms with Crippen molar-refractivity contribution in [3.05, 3.63) is 0 Å². The molecule has 1 aliphatic heterocycles. The Bertz CT molecular complexity index is 365. The molecule has 0 atom stereocenters. The van der Waals surface area contributed by atoms with E-state index in [1.807, 2.05) is 13.8 Å². The highest BCUT2D eigenvalue weighted by molar-refractivity contribution is 7.92. The van der Waals surface area contributed by atoms with Gasteiger partial charge in [-0.15, -0.1) is 0 Å². The molecule has 86 valence electrons. The number of carbonyl (C=O) groups is 1. The molecular weight excluding hydrogens is 214 g/mol. The summed E-state index contributed by atoms with van der Waals surface area (Å²) in [5, 5.41) is 2.93. The van der Waals surface area contributed by atoms with Gasteiger partial charge < -0.3 is 5.32 Å². The number of nitrogens with one attached hydrogen (secondary N) is 1. The minimum Gasteiger partial charge on any atom is -0.353 e. The van der Waals surface area contributed by atoms with Crippen molar-refractivity contribution in [1.82, 2.24) is 5.32 Å². The molecule has 1 saturated heterocycles. The van der Waals surface area contributed by atoms with Gasteiger partial charge in [-0.25, -0.2) is 8.42 Å². The van der Waals surface area contributed by atoms with Crippen LogP contribution in [0.1, 0.15) is 26.7 Å². The summed E-state index contributed by atoms with van der Waals surface area (Å²) in [4.78, 5) is 11.4. The first-order valence-electron chi connectivity index (χ1n) is 5.33. The van der Waals surface area contributed by atoms with Crippen molar-refractivity contribution in [3.63, 3.8) is 0 Å². The zero-order valence-corrected chi connectivity index (χ0v) is 9.93. The van der Waals surface area contributed by atoms with Crippen LogP contribution in [0, 0.1) is 11.3 Å². The largest absolute Gasteiger partial charge is 0.353 e. The van der Waals surface area contributed by atoms with Gasteiger partial charge in [0, 0.05) is 17.4 Å². The van der Waals surface area contributed by atoms with E-state index in [4.69, 9.17) is 0 Å². The van der Waals surface area contributed by atoms with Gasteiger partial charge in [0.05, 0.1) is 11.5 Å². The van der Waals surface area contributed by atoms with Crippen LogP contribution in [0.5, 0.6) is 0 Å². The smallest absolute Gasteiger partial charge is 0.222 e. The summed E-state index contributed by atoms with van der Waals surface area (Å²) < 4.78 is 22.1. The molecule has 0 aromatic carbocycles. The first-order valence-corrected chi connectivity index (χ1v) is 7.15. The Morgan fingerprint density at radius 2 is 1.87 bits per heavy atom. The van der Waals surface area contributed by atoms with Crippen molar-refractivity contribution in [2.45, 2.75) is 32.7 Å². The van der Waals surface area contributed by atoms with Gasteiger partial charge in [0.1, 0.15) is 0 Å². The van der Waals surface area contributed by atoms with Crippen molar-refractivity contribution in [3.8, 4) is 0 Å². The molecule has 2 fully saturated rings. The molecule has 2 aliphatic rings. The third-order valence-corrected chi connectivity index (χ3v) is 5.39. The maximum atomic E-state index is 11.4. The lowest BCUT2D eigenvalue weighted by atomic mass is 9.67. The molecule has 0 unspecified atom stereocenters. The first kappa shape index (κ1) is 10.9. The number of sulfone groups is 1. The van der Waals surface area contributed by atoms with Gasteiger partial charge in [-0.3, -0.25) is 4.79 Å². The summed E-state index contributed by atoms with van der Waals surface area (Å²) in [5.74, 6) is 0.728. The highest BCUT2D eigenvalue weighted by Gasteiger charge is 2.56. The van der Waals surface area contributed by atoms with Gasteiger partial charge in [0.25, 0.3) is 0 Å². The van der Waals surface area contributed by atoms with Crippen LogP contribution in [-0.4, -0.2) is 31.9 Å². The molecular formula is C10H17NO3S. The monoisotopic (exact) mass is 231 g/mol. The topological polar surface area (TPSA) is 63.2 Å². The van der Waals surface area contributed by atoms with Crippen LogP contribution in [0.15, 0.2) is 0 Å². The Hall–Kier alpha value is -0.580. The number of carbonyl (C=O) groups excluding carboxylic acids is 1. The molecule has 2 rings (SSSR count). The molecule has 0 aromatic heterocycles. The highest BCUT2D eigenvalue weighted by Crippen LogP contribution is 2.49. The van der Waals surface area contributed by atoms with Gasteiger partial charge in [-0.05, 0) is 12.8 Å².